The van der Waals surface area contributed by atoms with Gasteiger partial charge in [0.1, 0.15) is 11.5 Å². The number of thiocarbonyl (C=S) groups is 1. The fourth-order valence-electron chi connectivity index (χ4n) is 3.86. The molecule has 0 saturated heterocycles. The molecule has 174 valence electrons. The van der Waals surface area contributed by atoms with Gasteiger partial charge in [-0.05, 0) is 54.5 Å². The minimum atomic E-state index is -0.312. The van der Waals surface area contributed by atoms with Gasteiger partial charge in [0.05, 0.1) is 29.7 Å². The number of aromatic nitrogens is 4. The molecule has 2 aromatic carbocycles. The lowest BCUT2D eigenvalue weighted by Crippen LogP contribution is -2.31. The molecule has 9 heteroatoms. The second-order valence-electron chi connectivity index (χ2n) is 8.12. The van der Waals surface area contributed by atoms with E-state index in [1.807, 2.05) is 67.6 Å². The smallest absolute Gasteiger partial charge is 0.187 e. The second-order valence-corrected chi connectivity index (χ2v) is 8.54. The van der Waals surface area contributed by atoms with Crippen molar-refractivity contribution >= 4 is 39.6 Å². The van der Waals surface area contributed by atoms with E-state index in [4.69, 9.17) is 23.1 Å². The predicted molar refractivity (Wildman–Crippen MR) is 138 cm³/mol. The zero-order valence-electron chi connectivity index (χ0n) is 19.0. The maximum absolute atomic E-state index is 14.8. The zero-order chi connectivity index (χ0) is 24.4. The Hall–Kier alpha value is -4.24. The molecule has 0 fully saturated rings. The largest absolute Gasteiger partial charge is 0.375 e. The summed E-state index contributed by atoms with van der Waals surface area (Å²) >= 11 is 5.21. The van der Waals surface area contributed by atoms with Gasteiger partial charge in [0, 0.05) is 24.1 Å². The molecule has 35 heavy (non-hydrogen) atoms. The van der Waals surface area contributed by atoms with Gasteiger partial charge in [0.2, 0.25) is 0 Å². The number of nitrogens with zero attached hydrogens (tertiary/aromatic N) is 6. The van der Waals surface area contributed by atoms with E-state index in [2.05, 4.69) is 15.1 Å². The van der Waals surface area contributed by atoms with Gasteiger partial charge < -0.3 is 5.73 Å². The summed E-state index contributed by atoms with van der Waals surface area (Å²) in [6, 6.07) is 20.6. The average Bonchev–Trinajstić information content (AvgIpc) is 3.26. The number of nitrogens with two attached hydrogens (primary N) is 1. The summed E-state index contributed by atoms with van der Waals surface area (Å²) in [4.78, 5) is 8.65. The van der Waals surface area contributed by atoms with Gasteiger partial charge >= 0.3 is 0 Å². The first-order chi connectivity index (χ1) is 17.0. The third-order valence-corrected chi connectivity index (χ3v) is 5.86. The summed E-state index contributed by atoms with van der Waals surface area (Å²) in [5, 5.41) is 12.0. The standard InChI is InChI=1S/C26H22FN7S/c1-17(31-33(26(28)35)16-18-6-3-2-4-7-18)23-9-10-25-30-15-21(34(25)32-23)13-20-12-19-8-5-11-29-24(19)14-22(20)27/h2-12,14-15H,13,16H2,1H3,(H2,28,35)/b31-17+. The van der Waals surface area contributed by atoms with Crippen molar-refractivity contribution in [2.75, 3.05) is 0 Å². The molecule has 3 aromatic heterocycles. The van der Waals surface area contributed by atoms with Crippen molar-refractivity contribution in [2.45, 2.75) is 19.9 Å². The second kappa shape index (κ2) is 9.55. The first-order valence-electron chi connectivity index (χ1n) is 11.0. The highest BCUT2D eigenvalue weighted by molar-refractivity contribution is 7.80. The summed E-state index contributed by atoms with van der Waals surface area (Å²) in [6.07, 6.45) is 3.69. The fourth-order valence-corrected chi connectivity index (χ4v) is 3.96. The molecule has 0 radical (unpaired) electrons. The highest BCUT2D eigenvalue weighted by atomic mass is 32.1. The van der Waals surface area contributed by atoms with Crippen LogP contribution in [0.1, 0.15) is 29.4 Å². The summed E-state index contributed by atoms with van der Waals surface area (Å²) in [7, 11) is 0. The number of hydrogen-bond donors (Lipinski definition) is 1. The van der Waals surface area contributed by atoms with Crippen molar-refractivity contribution in [2.24, 2.45) is 10.8 Å². The molecule has 0 aliphatic heterocycles. The Morgan fingerprint density at radius 1 is 1.09 bits per heavy atom. The molecule has 0 spiro atoms. The maximum atomic E-state index is 14.8. The van der Waals surface area contributed by atoms with E-state index >= 15 is 0 Å². The number of pyridine rings is 1. The molecule has 0 unspecified atom stereocenters. The Morgan fingerprint density at radius 2 is 1.91 bits per heavy atom. The van der Waals surface area contributed by atoms with Crippen LogP contribution in [0.3, 0.4) is 0 Å². The van der Waals surface area contributed by atoms with Crippen molar-refractivity contribution in [3.05, 3.63) is 107 Å². The van der Waals surface area contributed by atoms with Crippen LogP contribution in [0.5, 0.6) is 0 Å². The Bertz CT molecular complexity index is 1560. The van der Waals surface area contributed by atoms with Gasteiger partial charge in [0.25, 0.3) is 0 Å². The molecule has 0 bridgehead atoms. The van der Waals surface area contributed by atoms with Crippen LogP contribution in [0, 0.1) is 5.82 Å². The van der Waals surface area contributed by atoms with Crippen molar-refractivity contribution < 1.29 is 4.39 Å². The quantitative estimate of drug-likeness (QED) is 0.218. The molecular weight excluding hydrogens is 461 g/mol. The fraction of sp³-hybridized carbons (Fsp3) is 0.115. The van der Waals surface area contributed by atoms with Gasteiger partial charge in [-0.1, -0.05) is 36.4 Å². The van der Waals surface area contributed by atoms with Crippen LogP contribution < -0.4 is 5.73 Å². The van der Waals surface area contributed by atoms with Crippen LogP contribution >= 0.6 is 12.2 Å². The number of imidazole rings is 1. The molecule has 5 aromatic rings. The molecule has 0 aliphatic carbocycles. The van der Waals surface area contributed by atoms with Crippen LogP contribution in [-0.2, 0) is 13.0 Å². The molecule has 2 N–H and O–H groups in total. The Kier molecular flexibility index (Phi) is 6.15. The number of fused-ring (bicyclic) bond motifs is 2. The topological polar surface area (TPSA) is 84.7 Å². The minimum Gasteiger partial charge on any atom is -0.375 e. The third kappa shape index (κ3) is 4.85. The lowest BCUT2D eigenvalue weighted by Gasteiger charge is -2.18. The van der Waals surface area contributed by atoms with Crippen LogP contribution in [0.4, 0.5) is 4.39 Å². The normalized spacial score (nSPS) is 11.8. The Labute approximate surface area is 206 Å². The zero-order valence-corrected chi connectivity index (χ0v) is 19.8. The van der Waals surface area contributed by atoms with Crippen molar-refractivity contribution in [1.29, 1.82) is 0 Å². The predicted octanol–water partition coefficient (Wildman–Crippen LogP) is 4.48. The van der Waals surface area contributed by atoms with E-state index in [-0.39, 0.29) is 10.9 Å². The minimum absolute atomic E-state index is 0.166. The first kappa shape index (κ1) is 22.5. The van der Waals surface area contributed by atoms with E-state index in [1.165, 1.54) is 6.07 Å². The van der Waals surface area contributed by atoms with Crippen LogP contribution in [-0.4, -0.2) is 35.4 Å². The number of halogens is 1. The summed E-state index contributed by atoms with van der Waals surface area (Å²) in [5.41, 5.74) is 10.8. The molecule has 0 aliphatic rings. The molecule has 0 saturated carbocycles. The first-order valence-corrected chi connectivity index (χ1v) is 11.4. The van der Waals surface area contributed by atoms with Gasteiger partial charge in [-0.25, -0.2) is 18.9 Å². The van der Waals surface area contributed by atoms with Crippen LogP contribution in [0.25, 0.3) is 16.6 Å². The lowest BCUT2D eigenvalue weighted by molar-refractivity contribution is 0.442. The van der Waals surface area contributed by atoms with Crippen molar-refractivity contribution in [3.63, 3.8) is 0 Å². The molecule has 3 heterocycles. The van der Waals surface area contributed by atoms with E-state index in [9.17, 15) is 4.39 Å². The highest BCUT2D eigenvalue weighted by Gasteiger charge is 2.13. The van der Waals surface area contributed by atoms with Crippen molar-refractivity contribution in [1.82, 2.24) is 24.6 Å². The monoisotopic (exact) mass is 483 g/mol. The average molecular weight is 484 g/mol. The number of rotatable bonds is 6. The van der Waals surface area contributed by atoms with E-state index in [1.54, 1.807) is 21.9 Å². The highest BCUT2D eigenvalue weighted by Crippen LogP contribution is 2.21. The molecule has 5 rings (SSSR count). The molecular formula is C26H22FN7S. The molecule has 0 amide bonds. The van der Waals surface area contributed by atoms with E-state index in [0.29, 0.717) is 41.1 Å². The van der Waals surface area contributed by atoms with E-state index in [0.717, 1.165) is 16.6 Å². The van der Waals surface area contributed by atoms with Crippen LogP contribution in [0.15, 0.2) is 84.2 Å². The SMILES string of the molecule is C/C(=N\N(Cc1ccccc1)C(N)=S)c1ccc2ncc(Cc3cc4cccnc4cc3F)n2n1. The summed E-state index contributed by atoms with van der Waals surface area (Å²) in [5.74, 6) is -0.312. The number of hydrazone groups is 1. The Morgan fingerprint density at radius 3 is 2.71 bits per heavy atom. The van der Waals surface area contributed by atoms with Crippen LogP contribution in [0.2, 0.25) is 0 Å². The molecule has 0 atom stereocenters. The Balaban J connectivity index is 1.45. The lowest BCUT2D eigenvalue weighted by atomic mass is 10.1. The summed E-state index contributed by atoms with van der Waals surface area (Å²) in [6.45, 7) is 2.29. The van der Waals surface area contributed by atoms with Crippen molar-refractivity contribution in [3.8, 4) is 0 Å². The van der Waals surface area contributed by atoms with E-state index < -0.39 is 0 Å². The maximum Gasteiger partial charge on any atom is 0.187 e. The van der Waals surface area contributed by atoms with Gasteiger partial charge in [-0.15, -0.1) is 0 Å². The van der Waals surface area contributed by atoms with Gasteiger partial charge in [0.15, 0.2) is 10.8 Å². The number of benzene rings is 2. The van der Waals surface area contributed by atoms with Gasteiger partial charge in [-0.3, -0.25) is 4.98 Å². The number of hydrogen-bond acceptors (Lipinski definition) is 5. The summed E-state index contributed by atoms with van der Waals surface area (Å²) < 4.78 is 16.5. The molecule has 7 nitrogen and oxygen atoms in total. The third-order valence-electron chi connectivity index (χ3n) is 5.65. The van der Waals surface area contributed by atoms with Gasteiger partial charge in [-0.2, -0.15) is 10.2 Å².